The minimum Gasteiger partial charge on any atom is -0.373 e. The van der Waals surface area contributed by atoms with Crippen LogP contribution < -0.4 is 0 Å². The summed E-state index contributed by atoms with van der Waals surface area (Å²) in [6.45, 7) is 7.10. The largest absolute Gasteiger partial charge is 0.373 e. The number of Topliss-reactive ketones (excluding diaryl/α,β-unsaturated/α-hetero) is 1. The van der Waals surface area contributed by atoms with Crippen LogP contribution in [0.5, 0.6) is 0 Å². The average Bonchev–Trinajstić information content (AvgIpc) is 2.65. The van der Waals surface area contributed by atoms with Crippen LogP contribution in [0.25, 0.3) is 0 Å². The zero-order valence-electron chi connectivity index (χ0n) is 12.8. The van der Waals surface area contributed by atoms with Gasteiger partial charge >= 0.3 is 0 Å². The van der Waals surface area contributed by atoms with Gasteiger partial charge in [0, 0.05) is 30.6 Å². The van der Waals surface area contributed by atoms with Crippen LogP contribution in [0.2, 0.25) is 0 Å². The molecule has 0 spiro atoms. The van der Waals surface area contributed by atoms with Crippen molar-refractivity contribution in [2.24, 2.45) is 7.05 Å². The summed E-state index contributed by atoms with van der Waals surface area (Å²) < 4.78 is 7.52. The highest BCUT2D eigenvalue weighted by Gasteiger charge is 2.13. The molecule has 0 atom stereocenters. The lowest BCUT2D eigenvalue weighted by atomic mass is 10.1. The van der Waals surface area contributed by atoms with Crippen molar-refractivity contribution in [3.05, 3.63) is 23.0 Å². The predicted octanol–water partition coefficient (Wildman–Crippen LogP) is 3.81. The zero-order chi connectivity index (χ0) is 14.3. The van der Waals surface area contributed by atoms with Gasteiger partial charge in [0.25, 0.3) is 0 Å². The molecule has 0 aliphatic carbocycles. The maximum absolute atomic E-state index is 12.0. The molecule has 0 N–H and O–H groups in total. The van der Waals surface area contributed by atoms with Gasteiger partial charge in [0.05, 0.1) is 0 Å². The maximum Gasteiger partial charge on any atom is 0.190 e. The normalized spacial score (nSPS) is 10.9. The number of aromatic nitrogens is 1. The van der Waals surface area contributed by atoms with Gasteiger partial charge in [-0.05, 0) is 26.3 Å². The van der Waals surface area contributed by atoms with Crippen molar-refractivity contribution in [2.45, 2.75) is 52.9 Å². The van der Waals surface area contributed by atoms with E-state index in [1.54, 1.807) is 0 Å². The van der Waals surface area contributed by atoms with E-state index in [0.29, 0.717) is 6.61 Å². The van der Waals surface area contributed by atoms with E-state index in [2.05, 4.69) is 6.92 Å². The van der Waals surface area contributed by atoms with Crippen molar-refractivity contribution in [1.29, 1.82) is 0 Å². The van der Waals surface area contributed by atoms with Crippen LogP contribution in [0, 0.1) is 13.8 Å². The second-order valence-corrected chi connectivity index (χ2v) is 5.23. The van der Waals surface area contributed by atoms with E-state index in [0.717, 1.165) is 23.4 Å². The lowest BCUT2D eigenvalue weighted by Gasteiger charge is -2.04. The molecule has 0 unspecified atom stereocenters. The minimum atomic E-state index is 0.0924. The van der Waals surface area contributed by atoms with Gasteiger partial charge in [-0.15, -0.1) is 0 Å². The summed E-state index contributed by atoms with van der Waals surface area (Å²) in [7, 11) is 1.98. The molecule has 0 saturated carbocycles. The smallest absolute Gasteiger partial charge is 0.190 e. The van der Waals surface area contributed by atoms with Crippen molar-refractivity contribution in [3.8, 4) is 0 Å². The molecular weight excluding hydrogens is 238 g/mol. The van der Waals surface area contributed by atoms with E-state index in [9.17, 15) is 4.79 Å². The molecule has 0 saturated heterocycles. The molecule has 0 aliphatic rings. The zero-order valence-corrected chi connectivity index (χ0v) is 12.8. The lowest BCUT2D eigenvalue weighted by molar-refractivity contribution is 0.0751. The second kappa shape index (κ2) is 8.16. The Balaban J connectivity index is 2.26. The number of ether oxygens (including phenoxy) is 1. The number of aryl methyl sites for hydroxylation is 1. The molecule has 0 amide bonds. The number of unbranched alkanes of at least 4 members (excludes halogenated alkanes) is 4. The van der Waals surface area contributed by atoms with E-state index < -0.39 is 0 Å². The summed E-state index contributed by atoms with van der Waals surface area (Å²) >= 11 is 0. The molecule has 108 valence electrons. The Labute approximate surface area is 117 Å². The highest BCUT2D eigenvalue weighted by atomic mass is 16.5. The Morgan fingerprint density at radius 1 is 1.21 bits per heavy atom. The van der Waals surface area contributed by atoms with Gasteiger partial charge < -0.3 is 9.30 Å². The molecule has 1 aromatic rings. The second-order valence-electron chi connectivity index (χ2n) is 5.23. The summed E-state index contributed by atoms with van der Waals surface area (Å²) in [5, 5.41) is 0. The summed E-state index contributed by atoms with van der Waals surface area (Å²) in [5.74, 6) is 0.0924. The minimum absolute atomic E-state index is 0.0924. The van der Waals surface area contributed by atoms with Crippen LogP contribution in [-0.4, -0.2) is 23.6 Å². The number of hydrogen-bond donors (Lipinski definition) is 0. The number of ketones is 1. The summed E-state index contributed by atoms with van der Waals surface area (Å²) in [4.78, 5) is 12.0. The molecule has 1 heterocycles. The van der Waals surface area contributed by atoms with Crippen LogP contribution in [0.1, 0.15) is 60.8 Å². The van der Waals surface area contributed by atoms with Crippen molar-refractivity contribution in [1.82, 2.24) is 4.57 Å². The van der Waals surface area contributed by atoms with Gasteiger partial charge in [0.1, 0.15) is 6.61 Å². The molecule has 1 aromatic heterocycles. The van der Waals surface area contributed by atoms with Gasteiger partial charge in [-0.1, -0.05) is 32.6 Å². The molecular formula is C16H27NO2. The predicted molar refractivity (Wildman–Crippen MR) is 78.8 cm³/mol. The number of carbonyl (C=O) groups is 1. The molecule has 0 fully saturated rings. The molecule has 0 aliphatic heterocycles. The van der Waals surface area contributed by atoms with Crippen molar-refractivity contribution in [2.75, 3.05) is 13.2 Å². The highest BCUT2D eigenvalue weighted by Crippen LogP contribution is 2.14. The van der Waals surface area contributed by atoms with E-state index >= 15 is 0 Å². The molecule has 19 heavy (non-hydrogen) atoms. The quantitative estimate of drug-likeness (QED) is 0.502. The molecule has 3 heteroatoms. The van der Waals surface area contributed by atoms with E-state index in [1.165, 1.54) is 25.7 Å². The first-order valence-corrected chi connectivity index (χ1v) is 7.31. The number of carbonyl (C=O) groups excluding carboxylic acids is 1. The average molecular weight is 265 g/mol. The fourth-order valence-electron chi connectivity index (χ4n) is 2.19. The van der Waals surface area contributed by atoms with Gasteiger partial charge in [-0.25, -0.2) is 0 Å². The number of hydrogen-bond acceptors (Lipinski definition) is 2. The Kier molecular flexibility index (Phi) is 6.85. The number of rotatable bonds is 9. The standard InChI is InChI=1S/C16H27NO2/c1-5-6-7-8-9-10-19-12-16(18)15-11-13(2)17(4)14(15)3/h11H,5-10,12H2,1-4H3. The summed E-state index contributed by atoms with van der Waals surface area (Å²) in [6.07, 6.45) is 6.07. The Morgan fingerprint density at radius 3 is 2.47 bits per heavy atom. The lowest BCUT2D eigenvalue weighted by Crippen LogP contribution is -2.11. The third kappa shape index (κ3) is 4.83. The summed E-state index contributed by atoms with van der Waals surface area (Å²) in [6, 6.07) is 1.95. The van der Waals surface area contributed by atoms with Crippen molar-refractivity contribution in [3.63, 3.8) is 0 Å². The molecule has 0 bridgehead atoms. The molecule has 1 rings (SSSR count). The third-order valence-corrected chi connectivity index (χ3v) is 3.70. The Hall–Kier alpha value is -1.09. The molecule has 3 nitrogen and oxygen atoms in total. The van der Waals surface area contributed by atoms with Crippen molar-refractivity contribution >= 4 is 5.78 Å². The van der Waals surface area contributed by atoms with Gasteiger partial charge in [0.2, 0.25) is 0 Å². The first kappa shape index (κ1) is 16.0. The fraction of sp³-hybridized carbons (Fsp3) is 0.688. The van der Waals surface area contributed by atoms with E-state index in [-0.39, 0.29) is 12.4 Å². The van der Waals surface area contributed by atoms with E-state index in [4.69, 9.17) is 4.74 Å². The Morgan fingerprint density at radius 2 is 1.89 bits per heavy atom. The van der Waals surface area contributed by atoms with Crippen LogP contribution in [0.4, 0.5) is 0 Å². The topological polar surface area (TPSA) is 31.2 Å². The molecule has 0 aromatic carbocycles. The highest BCUT2D eigenvalue weighted by molar-refractivity contribution is 5.98. The van der Waals surface area contributed by atoms with Crippen molar-refractivity contribution < 1.29 is 9.53 Å². The maximum atomic E-state index is 12.0. The molecule has 0 radical (unpaired) electrons. The SMILES string of the molecule is CCCCCCCOCC(=O)c1cc(C)n(C)c1C. The van der Waals surface area contributed by atoms with Gasteiger partial charge in [-0.2, -0.15) is 0 Å². The fourth-order valence-corrected chi connectivity index (χ4v) is 2.19. The third-order valence-electron chi connectivity index (χ3n) is 3.70. The summed E-state index contributed by atoms with van der Waals surface area (Å²) in [5.41, 5.74) is 2.93. The van der Waals surface area contributed by atoms with Crippen LogP contribution in [-0.2, 0) is 11.8 Å². The van der Waals surface area contributed by atoms with E-state index in [1.807, 2.05) is 31.5 Å². The number of nitrogens with zero attached hydrogens (tertiary/aromatic N) is 1. The monoisotopic (exact) mass is 265 g/mol. The van der Waals surface area contributed by atoms with Gasteiger partial charge in [0.15, 0.2) is 5.78 Å². The first-order chi connectivity index (χ1) is 9.07. The Bertz CT molecular complexity index is 407. The van der Waals surface area contributed by atoms with Crippen LogP contribution >= 0.6 is 0 Å². The van der Waals surface area contributed by atoms with Crippen LogP contribution in [0.15, 0.2) is 6.07 Å². The van der Waals surface area contributed by atoms with Gasteiger partial charge in [-0.3, -0.25) is 4.79 Å². The first-order valence-electron chi connectivity index (χ1n) is 7.31. The van der Waals surface area contributed by atoms with Crippen LogP contribution in [0.3, 0.4) is 0 Å².